The van der Waals surface area contributed by atoms with Crippen LogP contribution in [0.2, 0.25) is 0 Å². The lowest BCUT2D eigenvalue weighted by Crippen LogP contribution is -2.46. The van der Waals surface area contributed by atoms with Gasteiger partial charge in [-0.05, 0) is 44.0 Å². The molecule has 1 heterocycles. The molecule has 1 aromatic carbocycles. The van der Waals surface area contributed by atoms with Gasteiger partial charge >= 0.3 is 0 Å². The van der Waals surface area contributed by atoms with E-state index in [-0.39, 0.29) is 23.8 Å². The Kier molecular flexibility index (Phi) is 5.33. The van der Waals surface area contributed by atoms with Crippen LogP contribution in [0, 0.1) is 5.82 Å². The van der Waals surface area contributed by atoms with Crippen molar-refractivity contribution in [3.05, 3.63) is 48.4 Å². The summed E-state index contributed by atoms with van der Waals surface area (Å²) in [5.41, 5.74) is 1.95. The Morgan fingerprint density at radius 1 is 1.45 bits per heavy atom. The second kappa shape index (κ2) is 7.22. The van der Waals surface area contributed by atoms with Gasteiger partial charge in [0, 0.05) is 29.7 Å². The van der Waals surface area contributed by atoms with E-state index in [4.69, 9.17) is 0 Å². The molecule has 1 amide bonds. The topological polar surface area (TPSA) is 56.9 Å². The number of carbonyl (C=O) groups is 1. The smallest absolute Gasteiger partial charge is 0.237 e. The van der Waals surface area contributed by atoms with Gasteiger partial charge in [0.2, 0.25) is 5.91 Å². The van der Waals surface area contributed by atoms with Crippen molar-refractivity contribution in [3.63, 3.8) is 0 Å². The number of aromatic amines is 1. The fourth-order valence-electron chi connectivity index (χ4n) is 2.54. The van der Waals surface area contributed by atoms with E-state index in [0.29, 0.717) is 13.0 Å². The second-order valence-corrected chi connectivity index (χ2v) is 5.53. The number of H-pyrrole nitrogens is 1. The molecule has 1 aromatic heterocycles. The number of carbonyl (C=O) groups excluding carboxylic acids is 1. The highest BCUT2D eigenvalue weighted by Crippen LogP contribution is 2.20. The summed E-state index contributed by atoms with van der Waals surface area (Å²) in [5.74, 6) is -0.303. The third-order valence-electron chi connectivity index (χ3n) is 3.60. The summed E-state index contributed by atoms with van der Waals surface area (Å²) in [6, 6.07) is 4.51. The minimum absolute atomic E-state index is 0.0586. The Morgan fingerprint density at radius 3 is 2.95 bits per heavy atom. The maximum atomic E-state index is 13.4. The van der Waals surface area contributed by atoms with Gasteiger partial charge in [-0.2, -0.15) is 0 Å². The van der Waals surface area contributed by atoms with Gasteiger partial charge < -0.3 is 15.6 Å². The van der Waals surface area contributed by atoms with Crippen LogP contribution in [0.25, 0.3) is 10.9 Å². The zero-order chi connectivity index (χ0) is 16.1. The third kappa shape index (κ3) is 3.95. The van der Waals surface area contributed by atoms with Crippen LogP contribution in [0.1, 0.15) is 19.4 Å². The number of halogens is 1. The van der Waals surface area contributed by atoms with Gasteiger partial charge in [0.25, 0.3) is 0 Å². The summed E-state index contributed by atoms with van der Waals surface area (Å²) in [6.45, 7) is 7.86. The quantitative estimate of drug-likeness (QED) is 0.688. The predicted octanol–water partition coefficient (Wildman–Crippen LogP) is 2.52. The standard InChI is InChI=1S/C17H22FN3O/c1-4-7-19-17(22)12(3)21-11(2)8-13-10-20-16-6-5-14(18)9-15(13)16/h4-6,9-12,20-21H,1,7-8H2,2-3H3,(H,19,22)/t11-,12-/m0/s1. The van der Waals surface area contributed by atoms with Crippen LogP contribution in [0.5, 0.6) is 0 Å². The molecule has 118 valence electrons. The van der Waals surface area contributed by atoms with E-state index in [1.165, 1.54) is 12.1 Å². The monoisotopic (exact) mass is 303 g/mol. The lowest BCUT2D eigenvalue weighted by molar-refractivity contribution is -0.122. The van der Waals surface area contributed by atoms with Gasteiger partial charge in [0.1, 0.15) is 5.82 Å². The number of amides is 1. The summed E-state index contributed by atoms with van der Waals surface area (Å²) in [6.07, 6.45) is 4.25. The highest BCUT2D eigenvalue weighted by atomic mass is 19.1. The molecule has 5 heteroatoms. The first-order valence-electron chi connectivity index (χ1n) is 7.41. The van der Waals surface area contributed by atoms with Crippen molar-refractivity contribution in [1.82, 2.24) is 15.6 Å². The number of hydrogen-bond donors (Lipinski definition) is 3. The molecule has 22 heavy (non-hydrogen) atoms. The van der Waals surface area contributed by atoms with Crippen LogP contribution in [0.3, 0.4) is 0 Å². The largest absolute Gasteiger partial charge is 0.361 e. The van der Waals surface area contributed by atoms with Crippen LogP contribution in [-0.4, -0.2) is 29.5 Å². The first-order valence-corrected chi connectivity index (χ1v) is 7.41. The van der Waals surface area contributed by atoms with Gasteiger partial charge in [-0.25, -0.2) is 4.39 Å². The Hall–Kier alpha value is -2.14. The van der Waals surface area contributed by atoms with E-state index in [1.807, 2.05) is 20.0 Å². The van der Waals surface area contributed by atoms with Crippen molar-refractivity contribution in [2.75, 3.05) is 6.54 Å². The fourth-order valence-corrected chi connectivity index (χ4v) is 2.54. The molecule has 0 radical (unpaired) electrons. The first kappa shape index (κ1) is 16.2. The van der Waals surface area contributed by atoms with E-state index in [2.05, 4.69) is 22.2 Å². The average molecular weight is 303 g/mol. The maximum absolute atomic E-state index is 13.4. The molecule has 2 aromatic rings. The van der Waals surface area contributed by atoms with E-state index in [0.717, 1.165) is 16.5 Å². The third-order valence-corrected chi connectivity index (χ3v) is 3.60. The Bertz CT molecular complexity index is 665. The minimum atomic E-state index is -0.295. The molecule has 0 fully saturated rings. The van der Waals surface area contributed by atoms with Gasteiger partial charge in [-0.3, -0.25) is 4.79 Å². The van der Waals surface area contributed by atoms with E-state index in [9.17, 15) is 9.18 Å². The second-order valence-electron chi connectivity index (χ2n) is 5.53. The van der Waals surface area contributed by atoms with E-state index in [1.54, 1.807) is 12.1 Å². The SMILES string of the molecule is C=CCNC(=O)[C@H](C)N[C@@H](C)Cc1c[nH]c2ccc(F)cc12. The van der Waals surface area contributed by atoms with Gasteiger partial charge in [0.05, 0.1) is 6.04 Å². The molecule has 3 N–H and O–H groups in total. The van der Waals surface area contributed by atoms with Crippen LogP contribution < -0.4 is 10.6 Å². The number of benzene rings is 1. The summed E-state index contributed by atoms with van der Waals surface area (Å²) >= 11 is 0. The predicted molar refractivity (Wildman–Crippen MR) is 87.2 cm³/mol. The summed E-state index contributed by atoms with van der Waals surface area (Å²) < 4.78 is 13.4. The maximum Gasteiger partial charge on any atom is 0.237 e. The zero-order valence-electron chi connectivity index (χ0n) is 12.9. The van der Waals surface area contributed by atoms with Crippen molar-refractivity contribution in [2.24, 2.45) is 0 Å². The van der Waals surface area contributed by atoms with Crippen molar-refractivity contribution >= 4 is 16.8 Å². The first-order chi connectivity index (χ1) is 10.5. The summed E-state index contributed by atoms with van der Waals surface area (Å²) in [7, 11) is 0. The molecule has 0 aliphatic carbocycles. The van der Waals surface area contributed by atoms with Crippen LogP contribution in [-0.2, 0) is 11.2 Å². The highest BCUT2D eigenvalue weighted by molar-refractivity contribution is 5.83. The van der Waals surface area contributed by atoms with Gasteiger partial charge in [-0.1, -0.05) is 6.08 Å². The van der Waals surface area contributed by atoms with Crippen molar-refractivity contribution in [2.45, 2.75) is 32.4 Å². The molecule has 0 aliphatic heterocycles. The van der Waals surface area contributed by atoms with Gasteiger partial charge in [-0.15, -0.1) is 6.58 Å². The normalized spacial score (nSPS) is 13.8. The Morgan fingerprint density at radius 2 is 2.23 bits per heavy atom. The molecule has 2 rings (SSSR count). The molecule has 0 spiro atoms. The highest BCUT2D eigenvalue weighted by Gasteiger charge is 2.16. The van der Waals surface area contributed by atoms with Crippen molar-refractivity contribution in [1.29, 1.82) is 0 Å². The minimum Gasteiger partial charge on any atom is -0.361 e. The van der Waals surface area contributed by atoms with Crippen LogP contribution >= 0.6 is 0 Å². The molecule has 0 saturated carbocycles. The Balaban J connectivity index is 1.98. The number of fused-ring (bicyclic) bond motifs is 1. The molecule has 0 unspecified atom stereocenters. The lowest BCUT2D eigenvalue weighted by atomic mass is 10.1. The number of nitrogens with one attached hydrogen (secondary N) is 3. The molecule has 0 saturated heterocycles. The summed E-state index contributed by atoms with van der Waals surface area (Å²) in [5, 5.41) is 6.90. The van der Waals surface area contributed by atoms with Crippen molar-refractivity contribution < 1.29 is 9.18 Å². The number of hydrogen-bond acceptors (Lipinski definition) is 2. The van der Waals surface area contributed by atoms with Gasteiger partial charge in [0.15, 0.2) is 0 Å². The molecule has 2 atom stereocenters. The van der Waals surface area contributed by atoms with Crippen LogP contribution in [0.4, 0.5) is 4.39 Å². The molecule has 4 nitrogen and oxygen atoms in total. The Labute approximate surface area is 129 Å². The number of rotatable bonds is 7. The molecule has 0 bridgehead atoms. The van der Waals surface area contributed by atoms with Crippen LogP contribution in [0.15, 0.2) is 37.1 Å². The van der Waals surface area contributed by atoms with E-state index >= 15 is 0 Å². The molecular formula is C17H22FN3O. The lowest BCUT2D eigenvalue weighted by Gasteiger charge is -2.19. The summed E-state index contributed by atoms with van der Waals surface area (Å²) in [4.78, 5) is 15.0. The molecular weight excluding hydrogens is 281 g/mol. The van der Waals surface area contributed by atoms with E-state index < -0.39 is 0 Å². The van der Waals surface area contributed by atoms with Crippen molar-refractivity contribution in [3.8, 4) is 0 Å². The number of aromatic nitrogens is 1. The average Bonchev–Trinajstić information content (AvgIpc) is 2.86. The zero-order valence-corrected chi connectivity index (χ0v) is 12.9. The molecule has 0 aliphatic rings. The fraction of sp³-hybridized carbons (Fsp3) is 0.353.